The third-order valence-corrected chi connectivity index (χ3v) is 6.02. The highest BCUT2D eigenvalue weighted by molar-refractivity contribution is 7.14. The Kier molecular flexibility index (Phi) is 4.21. The van der Waals surface area contributed by atoms with Gasteiger partial charge in [-0.05, 0) is 44.8 Å². The molecular weight excluding hydrogens is 336 g/mol. The van der Waals surface area contributed by atoms with Gasteiger partial charge >= 0.3 is 0 Å². The molecule has 0 saturated heterocycles. The molecule has 0 amide bonds. The van der Waals surface area contributed by atoms with Gasteiger partial charge in [0.05, 0.1) is 13.2 Å². The van der Waals surface area contributed by atoms with E-state index in [0.717, 1.165) is 42.8 Å². The summed E-state index contributed by atoms with van der Waals surface area (Å²) >= 11 is 3.35. The predicted octanol–water partition coefficient (Wildman–Crippen LogP) is 5.28. The highest BCUT2D eigenvalue weighted by Crippen LogP contribution is 2.41. The first-order valence-corrected chi connectivity index (χ1v) is 9.46. The van der Waals surface area contributed by atoms with Gasteiger partial charge in [0.2, 0.25) is 0 Å². The van der Waals surface area contributed by atoms with Crippen molar-refractivity contribution in [2.75, 3.05) is 0 Å². The van der Waals surface area contributed by atoms with Crippen LogP contribution in [-0.2, 0) is 13.2 Å². The second-order valence-corrected chi connectivity index (χ2v) is 7.46. The van der Waals surface area contributed by atoms with Crippen molar-refractivity contribution in [2.45, 2.75) is 13.2 Å². The van der Waals surface area contributed by atoms with E-state index in [4.69, 9.17) is 0 Å². The molecule has 0 unspecified atom stereocenters. The summed E-state index contributed by atoms with van der Waals surface area (Å²) < 4.78 is 0. The quantitative estimate of drug-likeness (QED) is 0.524. The first-order valence-electron chi connectivity index (χ1n) is 7.70. The number of hydrogen-bond acceptors (Lipinski definition) is 4. The number of fused-ring (bicyclic) bond motifs is 1. The van der Waals surface area contributed by atoms with Gasteiger partial charge in [-0.15, -0.1) is 22.7 Å². The van der Waals surface area contributed by atoms with E-state index in [9.17, 15) is 10.2 Å². The SMILES string of the molecule is OCc1ccc2c(-c3cccs3)c(CO)ccc2c1-c1cccs1. The van der Waals surface area contributed by atoms with Crippen molar-refractivity contribution < 1.29 is 10.2 Å². The molecular formula is C20H16O2S2. The number of hydrogen-bond donors (Lipinski definition) is 2. The zero-order valence-corrected chi connectivity index (χ0v) is 14.5. The Labute approximate surface area is 148 Å². The largest absolute Gasteiger partial charge is 0.392 e. The van der Waals surface area contributed by atoms with Gasteiger partial charge in [-0.1, -0.05) is 36.4 Å². The van der Waals surface area contributed by atoms with Crippen LogP contribution >= 0.6 is 22.7 Å². The van der Waals surface area contributed by atoms with Crippen LogP contribution in [0, 0.1) is 0 Å². The normalized spacial score (nSPS) is 11.2. The van der Waals surface area contributed by atoms with Gasteiger partial charge in [-0.3, -0.25) is 0 Å². The molecule has 4 heteroatoms. The maximum Gasteiger partial charge on any atom is 0.0688 e. The van der Waals surface area contributed by atoms with Crippen LogP contribution in [0.2, 0.25) is 0 Å². The fourth-order valence-electron chi connectivity index (χ4n) is 3.18. The molecule has 0 spiro atoms. The first-order chi connectivity index (χ1) is 11.8. The molecule has 2 aromatic carbocycles. The van der Waals surface area contributed by atoms with Gasteiger partial charge in [0.1, 0.15) is 0 Å². The summed E-state index contributed by atoms with van der Waals surface area (Å²) in [5, 5.41) is 25.9. The Balaban J connectivity index is 2.11. The summed E-state index contributed by atoms with van der Waals surface area (Å²) in [7, 11) is 0. The van der Waals surface area contributed by atoms with E-state index in [1.165, 1.54) is 0 Å². The van der Waals surface area contributed by atoms with Crippen molar-refractivity contribution in [2.24, 2.45) is 0 Å². The van der Waals surface area contributed by atoms with Crippen molar-refractivity contribution in [3.8, 4) is 20.9 Å². The minimum Gasteiger partial charge on any atom is -0.392 e. The van der Waals surface area contributed by atoms with Crippen LogP contribution in [-0.4, -0.2) is 10.2 Å². The highest BCUT2D eigenvalue weighted by atomic mass is 32.1. The molecule has 0 radical (unpaired) electrons. The minimum atomic E-state index is 0.0132. The Morgan fingerprint density at radius 1 is 0.625 bits per heavy atom. The number of benzene rings is 2. The lowest BCUT2D eigenvalue weighted by Gasteiger charge is -2.15. The molecule has 2 N–H and O–H groups in total. The van der Waals surface area contributed by atoms with E-state index in [-0.39, 0.29) is 13.2 Å². The van der Waals surface area contributed by atoms with Gasteiger partial charge in [0, 0.05) is 20.9 Å². The van der Waals surface area contributed by atoms with Gasteiger partial charge in [0.25, 0.3) is 0 Å². The number of thiophene rings is 2. The lowest BCUT2D eigenvalue weighted by molar-refractivity contribution is 0.282. The van der Waals surface area contributed by atoms with Gasteiger partial charge < -0.3 is 10.2 Å². The van der Waals surface area contributed by atoms with Crippen molar-refractivity contribution in [3.05, 3.63) is 70.4 Å². The molecule has 0 aliphatic heterocycles. The van der Waals surface area contributed by atoms with Crippen LogP contribution < -0.4 is 0 Å². The van der Waals surface area contributed by atoms with Crippen LogP contribution in [0.5, 0.6) is 0 Å². The molecule has 0 atom stereocenters. The molecule has 0 saturated carbocycles. The van der Waals surface area contributed by atoms with E-state index in [1.807, 2.05) is 24.3 Å². The van der Waals surface area contributed by atoms with Crippen LogP contribution in [0.3, 0.4) is 0 Å². The fourth-order valence-corrected chi connectivity index (χ4v) is 4.82. The monoisotopic (exact) mass is 352 g/mol. The van der Waals surface area contributed by atoms with E-state index in [0.29, 0.717) is 0 Å². The lowest BCUT2D eigenvalue weighted by atomic mass is 9.92. The second kappa shape index (κ2) is 6.49. The predicted molar refractivity (Wildman–Crippen MR) is 102 cm³/mol. The van der Waals surface area contributed by atoms with Crippen molar-refractivity contribution in [1.29, 1.82) is 0 Å². The van der Waals surface area contributed by atoms with Gasteiger partial charge in [-0.2, -0.15) is 0 Å². The number of aliphatic hydroxyl groups is 2. The van der Waals surface area contributed by atoms with Crippen molar-refractivity contribution in [3.63, 3.8) is 0 Å². The summed E-state index contributed by atoms with van der Waals surface area (Å²) in [6, 6.07) is 16.3. The average Bonchev–Trinajstić information content (AvgIpc) is 3.33. The average molecular weight is 352 g/mol. The van der Waals surface area contributed by atoms with Crippen LogP contribution in [0.1, 0.15) is 11.1 Å². The standard InChI is InChI=1S/C20H16O2S2/c21-11-13-5-8-16-15(19(13)17-3-1-9-23-17)7-6-14(12-22)20(16)18-4-2-10-24-18/h1-10,21-22H,11-12H2. The summed E-state index contributed by atoms with van der Waals surface area (Å²) in [5.74, 6) is 0. The van der Waals surface area contributed by atoms with Gasteiger partial charge in [0.15, 0.2) is 0 Å². The zero-order chi connectivity index (χ0) is 16.5. The third-order valence-electron chi connectivity index (χ3n) is 4.25. The summed E-state index contributed by atoms with van der Waals surface area (Å²) in [6.07, 6.45) is 0. The summed E-state index contributed by atoms with van der Waals surface area (Å²) in [6.45, 7) is 0.0263. The number of rotatable bonds is 4. The highest BCUT2D eigenvalue weighted by Gasteiger charge is 2.16. The lowest BCUT2D eigenvalue weighted by Crippen LogP contribution is -1.94. The van der Waals surface area contributed by atoms with Crippen molar-refractivity contribution in [1.82, 2.24) is 0 Å². The summed E-state index contributed by atoms with van der Waals surface area (Å²) in [4.78, 5) is 2.30. The van der Waals surface area contributed by atoms with Gasteiger partial charge in [-0.25, -0.2) is 0 Å². The van der Waals surface area contributed by atoms with Crippen LogP contribution in [0.15, 0.2) is 59.3 Å². The topological polar surface area (TPSA) is 40.5 Å². The molecule has 4 rings (SSSR count). The molecule has 0 aliphatic rings. The fraction of sp³-hybridized carbons (Fsp3) is 0.100. The molecule has 0 aliphatic carbocycles. The molecule has 120 valence electrons. The van der Waals surface area contributed by atoms with E-state index in [1.54, 1.807) is 22.7 Å². The molecule has 2 heterocycles. The number of aliphatic hydroxyl groups excluding tert-OH is 2. The Morgan fingerprint density at radius 2 is 1.08 bits per heavy atom. The molecule has 0 fully saturated rings. The summed E-state index contributed by atoms with van der Waals surface area (Å²) in [5.41, 5.74) is 4.04. The van der Waals surface area contributed by atoms with Crippen LogP contribution in [0.25, 0.3) is 31.7 Å². The van der Waals surface area contributed by atoms with E-state index >= 15 is 0 Å². The molecule has 0 bridgehead atoms. The Hall–Kier alpha value is -1.98. The zero-order valence-electron chi connectivity index (χ0n) is 12.9. The Morgan fingerprint density at radius 3 is 1.42 bits per heavy atom. The Bertz CT molecular complexity index is 889. The minimum absolute atomic E-state index is 0.0132. The second-order valence-electron chi connectivity index (χ2n) is 5.57. The first kappa shape index (κ1) is 15.5. The third kappa shape index (κ3) is 2.48. The molecule has 2 nitrogen and oxygen atoms in total. The van der Waals surface area contributed by atoms with E-state index in [2.05, 4.69) is 35.0 Å². The maximum atomic E-state index is 9.80. The molecule has 24 heavy (non-hydrogen) atoms. The van der Waals surface area contributed by atoms with E-state index < -0.39 is 0 Å². The van der Waals surface area contributed by atoms with Crippen molar-refractivity contribution >= 4 is 33.4 Å². The maximum absolute atomic E-state index is 9.80. The molecule has 4 aromatic rings. The molecule has 2 aromatic heterocycles. The van der Waals surface area contributed by atoms with Crippen LogP contribution in [0.4, 0.5) is 0 Å². The smallest absolute Gasteiger partial charge is 0.0688 e.